The Labute approximate surface area is 159 Å². The number of rotatable bonds is 5. The van der Waals surface area contributed by atoms with Crippen LogP contribution in [0.4, 0.5) is 0 Å². The van der Waals surface area contributed by atoms with Gasteiger partial charge in [0, 0.05) is 0 Å². The largest absolute Gasteiger partial charge is 0.479 e. The molecule has 0 aliphatic carbocycles. The first-order valence-corrected chi connectivity index (χ1v) is 8.17. The van der Waals surface area contributed by atoms with E-state index in [1.165, 1.54) is 0 Å². The summed E-state index contributed by atoms with van der Waals surface area (Å²) < 4.78 is 0. The average molecular weight is 359 g/mol. The number of nitriles is 1. The standard InChI is InChI=1S/C22H17NO3.CH4/c23-14-17-8-4-5-9-19(17)20-11-10-16(21(24)22(25)26)13-18(20)12-15-6-2-1-3-7-15;/h1-11,13,21,24H,12H2,(H,25,26);1H4. The van der Waals surface area contributed by atoms with Crippen LogP contribution in [0, 0.1) is 11.3 Å². The number of carboxylic acid groups (broad SMARTS) is 1. The lowest BCUT2D eigenvalue weighted by molar-refractivity contribution is -0.146. The third-order valence-corrected chi connectivity index (χ3v) is 4.25. The quantitative estimate of drug-likeness (QED) is 0.699. The van der Waals surface area contributed by atoms with Crippen molar-refractivity contribution in [2.24, 2.45) is 0 Å². The summed E-state index contributed by atoms with van der Waals surface area (Å²) in [5.74, 6) is -1.29. The number of aliphatic hydroxyl groups is 1. The van der Waals surface area contributed by atoms with Gasteiger partial charge in [-0.15, -0.1) is 0 Å². The zero-order valence-electron chi connectivity index (χ0n) is 14.0. The molecule has 2 N–H and O–H groups in total. The van der Waals surface area contributed by atoms with Crippen LogP contribution in [0.25, 0.3) is 11.1 Å². The van der Waals surface area contributed by atoms with Crippen LogP contribution in [-0.2, 0) is 11.2 Å². The number of carbonyl (C=O) groups is 1. The number of nitrogens with zero attached hydrogens (tertiary/aromatic N) is 1. The van der Waals surface area contributed by atoms with Crippen LogP contribution >= 0.6 is 0 Å². The molecule has 4 nitrogen and oxygen atoms in total. The van der Waals surface area contributed by atoms with Gasteiger partial charge in [0.25, 0.3) is 0 Å². The van der Waals surface area contributed by atoms with Crippen molar-refractivity contribution in [3.63, 3.8) is 0 Å². The van der Waals surface area contributed by atoms with Crippen LogP contribution in [-0.4, -0.2) is 16.2 Å². The first kappa shape index (κ1) is 19.9. The number of hydrogen-bond acceptors (Lipinski definition) is 3. The Morgan fingerprint density at radius 3 is 2.30 bits per heavy atom. The van der Waals surface area contributed by atoms with E-state index in [1.54, 1.807) is 24.3 Å². The zero-order valence-corrected chi connectivity index (χ0v) is 14.0. The summed E-state index contributed by atoms with van der Waals surface area (Å²) in [5, 5.41) is 28.4. The molecule has 0 aliphatic heterocycles. The topological polar surface area (TPSA) is 81.3 Å². The third-order valence-electron chi connectivity index (χ3n) is 4.25. The fourth-order valence-electron chi connectivity index (χ4n) is 2.97. The minimum atomic E-state index is -1.58. The Morgan fingerprint density at radius 1 is 0.963 bits per heavy atom. The van der Waals surface area contributed by atoms with Gasteiger partial charge in [-0.1, -0.05) is 74.2 Å². The Bertz CT molecular complexity index is 974. The number of benzene rings is 3. The van der Waals surface area contributed by atoms with Crippen molar-refractivity contribution in [3.05, 3.63) is 95.1 Å². The number of hydrogen-bond donors (Lipinski definition) is 2. The number of aliphatic hydroxyl groups excluding tert-OH is 1. The van der Waals surface area contributed by atoms with E-state index in [9.17, 15) is 15.2 Å². The molecule has 1 unspecified atom stereocenters. The van der Waals surface area contributed by atoms with Gasteiger partial charge in [-0.2, -0.15) is 5.26 Å². The predicted octanol–water partition coefficient (Wildman–Crippen LogP) is 4.57. The highest BCUT2D eigenvalue weighted by Gasteiger charge is 2.18. The van der Waals surface area contributed by atoms with Gasteiger partial charge in [-0.25, -0.2) is 4.79 Å². The fraction of sp³-hybridized carbons (Fsp3) is 0.130. The zero-order chi connectivity index (χ0) is 18.5. The third kappa shape index (κ3) is 4.41. The summed E-state index contributed by atoms with van der Waals surface area (Å²) in [6, 6.07) is 24.3. The molecule has 0 saturated heterocycles. The maximum Gasteiger partial charge on any atom is 0.337 e. The molecule has 0 saturated carbocycles. The highest BCUT2D eigenvalue weighted by molar-refractivity contribution is 5.77. The lowest BCUT2D eigenvalue weighted by Crippen LogP contribution is -2.11. The first-order chi connectivity index (χ1) is 12.6. The van der Waals surface area contributed by atoms with E-state index >= 15 is 0 Å². The molecule has 0 heterocycles. The van der Waals surface area contributed by atoms with Crippen molar-refractivity contribution < 1.29 is 15.0 Å². The molecule has 0 radical (unpaired) electrons. The van der Waals surface area contributed by atoms with Crippen molar-refractivity contribution in [3.8, 4) is 17.2 Å². The minimum absolute atomic E-state index is 0. The molecule has 3 aromatic rings. The summed E-state index contributed by atoms with van der Waals surface area (Å²) in [6.07, 6.45) is -1.01. The van der Waals surface area contributed by atoms with Crippen molar-refractivity contribution in [2.75, 3.05) is 0 Å². The number of aliphatic carboxylic acids is 1. The molecule has 0 aromatic heterocycles. The van der Waals surface area contributed by atoms with E-state index in [0.717, 1.165) is 22.3 Å². The molecule has 136 valence electrons. The van der Waals surface area contributed by atoms with E-state index in [2.05, 4.69) is 6.07 Å². The van der Waals surface area contributed by atoms with Crippen LogP contribution in [0.5, 0.6) is 0 Å². The predicted molar refractivity (Wildman–Crippen MR) is 105 cm³/mol. The van der Waals surface area contributed by atoms with Crippen LogP contribution in [0.1, 0.15) is 35.8 Å². The Hall–Kier alpha value is -3.42. The lowest BCUT2D eigenvalue weighted by atomic mass is 9.90. The molecule has 4 heteroatoms. The van der Waals surface area contributed by atoms with Crippen LogP contribution in [0.15, 0.2) is 72.8 Å². The molecule has 27 heavy (non-hydrogen) atoms. The van der Waals surface area contributed by atoms with E-state index < -0.39 is 12.1 Å². The SMILES string of the molecule is C.N#Cc1ccccc1-c1ccc(C(O)C(=O)O)cc1Cc1ccccc1. The number of carboxylic acids is 1. The monoisotopic (exact) mass is 359 g/mol. The summed E-state index contributed by atoms with van der Waals surface area (Å²) in [5.41, 5.74) is 4.43. The van der Waals surface area contributed by atoms with Gasteiger partial charge in [0.2, 0.25) is 0 Å². The summed E-state index contributed by atoms with van der Waals surface area (Å²) in [4.78, 5) is 11.1. The highest BCUT2D eigenvalue weighted by Crippen LogP contribution is 2.31. The molecule has 3 rings (SSSR count). The van der Waals surface area contributed by atoms with Gasteiger partial charge in [0.05, 0.1) is 11.6 Å². The second kappa shape index (κ2) is 8.79. The molecular formula is C23H21NO3. The lowest BCUT2D eigenvalue weighted by Gasteiger charge is -2.15. The molecular weight excluding hydrogens is 338 g/mol. The van der Waals surface area contributed by atoms with E-state index in [1.807, 2.05) is 48.5 Å². The maximum atomic E-state index is 11.1. The van der Waals surface area contributed by atoms with Gasteiger partial charge < -0.3 is 10.2 Å². The van der Waals surface area contributed by atoms with E-state index in [0.29, 0.717) is 17.5 Å². The minimum Gasteiger partial charge on any atom is -0.479 e. The second-order valence-electron chi connectivity index (χ2n) is 5.98. The van der Waals surface area contributed by atoms with Crippen molar-refractivity contribution >= 4 is 5.97 Å². The fourth-order valence-corrected chi connectivity index (χ4v) is 2.97. The summed E-state index contributed by atoms with van der Waals surface area (Å²) in [7, 11) is 0. The Balaban J connectivity index is 0.00000261. The smallest absolute Gasteiger partial charge is 0.337 e. The van der Waals surface area contributed by atoms with E-state index in [-0.39, 0.29) is 7.43 Å². The molecule has 0 bridgehead atoms. The van der Waals surface area contributed by atoms with Crippen molar-refractivity contribution in [1.29, 1.82) is 5.26 Å². The van der Waals surface area contributed by atoms with Crippen LogP contribution in [0.3, 0.4) is 0 Å². The van der Waals surface area contributed by atoms with Crippen LogP contribution in [0.2, 0.25) is 0 Å². The molecule has 0 aliphatic rings. The average Bonchev–Trinajstić information content (AvgIpc) is 2.68. The van der Waals surface area contributed by atoms with Gasteiger partial charge in [0.1, 0.15) is 0 Å². The Kier molecular flexibility index (Phi) is 6.48. The van der Waals surface area contributed by atoms with Crippen molar-refractivity contribution in [1.82, 2.24) is 0 Å². The normalized spacial score (nSPS) is 11.1. The van der Waals surface area contributed by atoms with Gasteiger partial charge >= 0.3 is 5.97 Å². The van der Waals surface area contributed by atoms with E-state index in [4.69, 9.17) is 5.11 Å². The first-order valence-electron chi connectivity index (χ1n) is 8.17. The summed E-state index contributed by atoms with van der Waals surface area (Å²) >= 11 is 0. The molecule has 0 fully saturated rings. The Morgan fingerprint density at radius 2 is 1.63 bits per heavy atom. The molecule has 0 spiro atoms. The second-order valence-corrected chi connectivity index (χ2v) is 5.98. The highest BCUT2D eigenvalue weighted by atomic mass is 16.4. The van der Waals surface area contributed by atoms with Crippen molar-refractivity contribution in [2.45, 2.75) is 20.0 Å². The summed E-state index contributed by atoms with van der Waals surface area (Å²) in [6.45, 7) is 0. The molecule has 0 amide bonds. The maximum absolute atomic E-state index is 11.1. The van der Waals surface area contributed by atoms with Gasteiger partial charge in [-0.05, 0) is 40.3 Å². The van der Waals surface area contributed by atoms with Crippen LogP contribution < -0.4 is 0 Å². The molecule has 3 aromatic carbocycles. The van der Waals surface area contributed by atoms with Gasteiger partial charge in [-0.3, -0.25) is 0 Å². The van der Waals surface area contributed by atoms with Gasteiger partial charge in [0.15, 0.2) is 6.10 Å². The molecule has 1 atom stereocenters.